The molecule has 2 heterocycles. The highest BCUT2D eigenvalue weighted by molar-refractivity contribution is 7.20. The number of alkyl halides is 3. The first-order chi connectivity index (χ1) is 14.2. The third kappa shape index (κ3) is 4.18. The van der Waals surface area contributed by atoms with Crippen LogP contribution in [-0.4, -0.2) is 34.7 Å². The summed E-state index contributed by atoms with van der Waals surface area (Å²) >= 11 is 0.948. The van der Waals surface area contributed by atoms with Crippen molar-refractivity contribution < 1.29 is 22.8 Å². The van der Waals surface area contributed by atoms with Gasteiger partial charge in [-0.2, -0.15) is 18.3 Å². The minimum atomic E-state index is -4.64. The molecule has 0 spiro atoms. The molecule has 1 aromatic carbocycles. The summed E-state index contributed by atoms with van der Waals surface area (Å²) in [5, 5.41) is 9.01. The number of thiophene rings is 1. The molecule has 30 heavy (non-hydrogen) atoms. The van der Waals surface area contributed by atoms with Crippen molar-refractivity contribution in [1.29, 1.82) is 0 Å². The number of hydrogen-bond acceptors (Lipinski definition) is 4. The fourth-order valence-electron chi connectivity index (χ4n) is 3.03. The first-order valence-electron chi connectivity index (χ1n) is 9.47. The minimum Gasteiger partial charge on any atom is -0.354 e. The lowest BCUT2D eigenvalue weighted by molar-refractivity contribution is -0.140. The lowest BCUT2D eigenvalue weighted by atomic mass is 10.2. The average molecular weight is 436 g/mol. The number of aromatic nitrogens is 2. The van der Waals surface area contributed by atoms with Crippen LogP contribution < -0.4 is 10.6 Å². The summed E-state index contributed by atoms with van der Waals surface area (Å²) in [5.41, 5.74) is 0.431. The number of carbonyl (C=O) groups is 2. The highest BCUT2D eigenvalue weighted by atomic mass is 32.1. The highest BCUT2D eigenvalue weighted by Gasteiger charge is 2.38. The summed E-state index contributed by atoms with van der Waals surface area (Å²) in [4.78, 5) is 24.4. The monoisotopic (exact) mass is 436 g/mol. The van der Waals surface area contributed by atoms with Gasteiger partial charge in [0.15, 0.2) is 5.69 Å². The molecule has 10 heteroatoms. The molecule has 3 aromatic rings. The molecule has 158 valence electrons. The SMILES string of the molecule is Cc1ccc(-n2nc(C(F)(F)F)c3cc(C(=O)NCCNC(=O)C4CC4)sc32)cc1. The predicted octanol–water partition coefficient (Wildman–Crippen LogP) is 3.67. The molecule has 2 amide bonds. The zero-order valence-electron chi connectivity index (χ0n) is 16.0. The van der Waals surface area contributed by atoms with Gasteiger partial charge in [-0.3, -0.25) is 9.59 Å². The number of carbonyl (C=O) groups excluding carboxylic acids is 2. The van der Waals surface area contributed by atoms with E-state index in [1.54, 1.807) is 24.3 Å². The van der Waals surface area contributed by atoms with E-state index >= 15 is 0 Å². The van der Waals surface area contributed by atoms with Gasteiger partial charge in [-0.1, -0.05) is 17.7 Å². The Morgan fingerprint density at radius 1 is 1.17 bits per heavy atom. The molecule has 1 aliphatic carbocycles. The summed E-state index contributed by atoms with van der Waals surface area (Å²) in [7, 11) is 0. The molecule has 4 rings (SSSR count). The van der Waals surface area contributed by atoms with E-state index in [4.69, 9.17) is 0 Å². The summed E-state index contributed by atoms with van der Waals surface area (Å²) in [6.45, 7) is 2.35. The van der Waals surface area contributed by atoms with Crippen LogP contribution in [-0.2, 0) is 11.0 Å². The molecule has 0 saturated heterocycles. The molecular weight excluding hydrogens is 417 g/mol. The van der Waals surface area contributed by atoms with E-state index in [1.807, 2.05) is 6.92 Å². The fraction of sp³-hybridized carbons (Fsp3) is 0.350. The van der Waals surface area contributed by atoms with Crippen LogP contribution >= 0.6 is 11.3 Å². The molecule has 6 nitrogen and oxygen atoms in total. The molecule has 0 atom stereocenters. The minimum absolute atomic E-state index is 0.0286. The molecule has 1 saturated carbocycles. The van der Waals surface area contributed by atoms with Gasteiger partial charge < -0.3 is 10.6 Å². The van der Waals surface area contributed by atoms with Crippen LogP contribution in [0.15, 0.2) is 30.3 Å². The Kier molecular flexibility index (Phi) is 5.27. The Balaban J connectivity index is 1.56. The molecule has 1 aliphatic rings. The van der Waals surface area contributed by atoms with E-state index in [2.05, 4.69) is 15.7 Å². The number of nitrogens with zero attached hydrogens (tertiary/aromatic N) is 2. The third-order valence-corrected chi connectivity index (χ3v) is 5.90. The van der Waals surface area contributed by atoms with Crippen LogP contribution in [0.25, 0.3) is 15.9 Å². The van der Waals surface area contributed by atoms with Gasteiger partial charge in [0.25, 0.3) is 5.91 Å². The van der Waals surface area contributed by atoms with Crippen molar-refractivity contribution in [2.45, 2.75) is 25.9 Å². The first-order valence-corrected chi connectivity index (χ1v) is 10.3. The van der Waals surface area contributed by atoms with Crippen LogP contribution in [0.4, 0.5) is 13.2 Å². The molecule has 2 aromatic heterocycles. The van der Waals surface area contributed by atoms with Gasteiger partial charge in [-0.15, -0.1) is 11.3 Å². The average Bonchev–Trinajstić information content (AvgIpc) is 3.35. The Morgan fingerprint density at radius 2 is 1.83 bits per heavy atom. The second kappa shape index (κ2) is 7.75. The Hall–Kier alpha value is -2.88. The zero-order valence-corrected chi connectivity index (χ0v) is 16.9. The zero-order chi connectivity index (χ0) is 21.5. The molecule has 1 fully saturated rings. The van der Waals surface area contributed by atoms with E-state index in [-0.39, 0.29) is 40.0 Å². The molecule has 0 radical (unpaired) electrons. The molecule has 2 N–H and O–H groups in total. The number of benzene rings is 1. The highest BCUT2D eigenvalue weighted by Crippen LogP contribution is 2.38. The smallest absolute Gasteiger partial charge is 0.354 e. The first kappa shape index (κ1) is 20.4. The van der Waals surface area contributed by atoms with E-state index in [9.17, 15) is 22.8 Å². The molecule has 0 aliphatic heterocycles. The number of aryl methyl sites for hydroxylation is 1. The van der Waals surface area contributed by atoms with Crippen molar-refractivity contribution >= 4 is 33.4 Å². The number of nitrogens with one attached hydrogen (secondary N) is 2. The van der Waals surface area contributed by atoms with Crippen molar-refractivity contribution in [3.63, 3.8) is 0 Å². The van der Waals surface area contributed by atoms with Gasteiger partial charge in [0, 0.05) is 24.4 Å². The number of rotatable bonds is 6. The van der Waals surface area contributed by atoms with Gasteiger partial charge in [-0.05, 0) is 38.0 Å². The predicted molar refractivity (Wildman–Crippen MR) is 107 cm³/mol. The lowest BCUT2D eigenvalue weighted by Gasteiger charge is -2.06. The maximum atomic E-state index is 13.5. The van der Waals surface area contributed by atoms with Crippen molar-refractivity contribution in [3.05, 3.63) is 46.5 Å². The van der Waals surface area contributed by atoms with Gasteiger partial charge in [-0.25, -0.2) is 4.68 Å². The normalized spacial score (nSPS) is 14.1. The van der Waals surface area contributed by atoms with Crippen molar-refractivity contribution in [2.24, 2.45) is 5.92 Å². The van der Waals surface area contributed by atoms with Gasteiger partial charge >= 0.3 is 6.18 Å². The molecule has 0 unspecified atom stereocenters. The Labute approximate surface area is 174 Å². The van der Waals surface area contributed by atoms with E-state index in [1.165, 1.54) is 10.7 Å². The largest absolute Gasteiger partial charge is 0.435 e. The fourth-order valence-corrected chi connectivity index (χ4v) is 4.08. The summed E-state index contributed by atoms with van der Waals surface area (Å²) in [5.74, 6) is -0.437. The van der Waals surface area contributed by atoms with Gasteiger partial charge in [0.05, 0.1) is 10.6 Å². The van der Waals surface area contributed by atoms with Crippen LogP contribution in [0.5, 0.6) is 0 Å². The maximum Gasteiger partial charge on any atom is 0.435 e. The third-order valence-electron chi connectivity index (χ3n) is 4.79. The van der Waals surface area contributed by atoms with Gasteiger partial charge in [0.1, 0.15) is 4.83 Å². The molecule has 0 bridgehead atoms. The van der Waals surface area contributed by atoms with Crippen LogP contribution in [0, 0.1) is 12.8 Å². The lowest BCUT2D eigenvalue weighted by Crippen LogP contribution is -2.35. The summed E-state index contributed by atoms with van der Waals surface area (Å²) in [6.07, 6.45) is -2.87. The quantitative estimate of drug-likeness (QED) is 0.579. The maximum absolute atomic E-state index is 13.5. The van der Waals surface area contributed by atoms with E-state index in [0.717, 1.165) is 29.7 Å². The van der Waals surface area contributed by atoms with E-state index < -0.39 is 17.8 Å². The Bertz CT molecular complexity index is 1100. The second-order valence-corrected chi connectivity index (χ2v) is 8.28. The van der Waals surface area contributed by atoms with Crippen molar-refractivity contribution in [2.75, 3.05) is 13.1 Å². The number of fused-ring (bicyclic) bond motifs is 1. The second-order valence-electron chi connectivity index (χ2n) is 7.24. The Morgan fingerprint density at radius 3 is 2.47 bits per heavy atom. The number of halogens is 3. The van der Waals surface area contributed by atoms with Crippen LogP contribution in [0.2, 0.25) is 0 Å². The summed E-state index contributed by atoms with van der Waals surface area (Å²) < 4.78 is 41.7. The number of hydrogen-bond donors (Lipinski definition) is 2. The van der Waals surface area contributed by atoms with E-state index in [0.29, 0.717) is 5.69 Å². The van der Waals surface area contributed by atoms with Crippen molar-refractivity contribution in [1.82, 2.24) is 20.4 Å². The van der Waals surface area contributed by atoms with Crippen LogP contribution in [0.3, 0.4) is 0 Å². The van der Waals surface area contributed by atoms with Crippen molar-refractivity contribution in [3.8, 4) is 5.69 Å². The standard InChI is InChI=1S/C20H19F3N4O2S/c1-11-2-6-13(7-3-11)27-19-14(16(26-27)20(21,22)23)10-15(30-19)18(29)25-9-8-24-17(28)12-4-5-12/h2-3,6-7,10,12H,4-5,8-9H2,1H3,(H,24,28)(H,25,29). The number of amides is 2. The topological polar surface area (TPSA) is 76.0 Å². The molecular formula is C20H19F3N4O2S. The van der Waals surface area contributed by atoms with Crippen LogP contribution in [0.1, 0.15) is 33.8 Å². The van der Waals surface area contributed by atoms with Gasteiger partial charge in [0.2, 0.25) is 5.91 Å². The summed E-state index contributed by atoms with van der Waals surface area (Å²) in [6, 6.07) is 8.16.